The van der Waals surface area contributed by atoms with Crippen LogP contribution in [0.4, 0.5) is 0 Å². The minimum Gasteiger partial charge on any atom is -0.352 e. The van der Waals surface area contributed by atoms with Crippen LogP contribution in [0.15, 0.2) is 0 Å². The Kier molecular flexibility index (Phi) is 3.06. The summed E-state index contributed by atoms with van der Waals surface area (Å²) in [6.45, 7) is 4.46. The molecule has 3 rings (SSSR count). The lowest BCUT2D eigenvalue weighted by atomic mass is 10.0. The molecule has 3 saturated heterocycles. The molecule has 1 amide bonds. The topological polar surface area (TPSA) is 50.8 Å². The number of carbonyl (C=O) groups excluding carboxylic acids is 1. The molecule has 96 valence electrons. The molecule has 17 heavy (non-hydrogen) atoms. The fourth-order valence-corrected chi connectivity index (χ4v) is 2.99. The summed E-state index contributed by atoms with van der Waals surface area (Å²) in [6, 6.07) is 0.349. The first-order chi connectivity index (χ1) is 8.26. The Morgan fingerprint density at radius 1 is 1.29 bits per heavy atom. The number of nitrogens with one attached hydrogen (secondary N) is 1. The molecule has 3 aliphatic heterocycles. The van der Waals surface area contributed by atoms with Gasteiger partial charge in [0, 0.05) is 44.9 Å². The zero-order chi connectivity index (χ0) is 11.7. The van der Waals surface area contributed by atoms with E-state index >= 15 is 0 Å². The summed E-state index contributed by atoms with van der Waals surface area (Å²) in [5.74, 6) is -0.0824. The molecular formula is C12H20N2O3. The van der Waals surface area contributed by atoms with Gasteiger partial charge in [0.2, 0.25) is 5.91 Å². The average molecular weight is 240 g/mol. The van der Waals surface area contributed by atoms with Gasteiger partial charge >= 0.3 is 0 Å². The van der Waals surface area contributed by atoms with E-state index in [0.29, 0.717) is 12.5 Å². The first-order valence-electron chi connectivity index (χ1n) is 6.55. The van der Waals surface area contributed by atoms with Crippen LogP contribution in [0.1, 0.15) is 25.7 Å². The van der Waals surface area contributed by atoms with Gasteiger partial charge in [-0.3, -0.25) is 4.79 Å². The number of piperidine rings is 1. The Bertz CT molecular complexity index is 292. The summed E-state index contributed by atoms with van der Waals surface area (Å²) >= 11 is 0. The minimum absolute atomic E-state index is 0.200. The molecule has 1 N–H and O–H groups in total. The molecule has 1 atom stereocenters. The maximum absolute atomic E-state index is 11.1. The van der Waals surface area contributed by atoms with Crippen LogP contribution in [0.3, 0.4) is 0 Å². The van der Waals surface area contributed by atoms with E-state index in [9.17, 15) is 4.79 Å². The minimum atomic E-state index is -0.282. The van der Waals surface area contributed by atoms with Gasteiger partial charge in [-0.15, -0.1) is 0 Å². The van der Waals surface area contributed by atoms with Crippen molar-refractivity contribution in [3.63, 3.8) is 0 Å². The summed E-state index contributed by atoms with van der Waals surface area (Å²) in [4.78, 5) is 13.5. The average Bonchev–Trinajstić information content (AvgIpc) is 2.93. The third kappa shape index (κ3) is 2.46. The highest BCUT2D eigenvalue weighted by atomic mass is 16.7. The fourth-order valence-electron chi connectivity index (χ4n) is 2.99. The Morgan fingerprint density at radius 3 is 2.59 bits per heavy atom. The van der Waals surface area contributed by atoms with Crippen molar-refractivity contribution in [1.29, 1.82) is 0 Å². The van der Waals surface area contributed by atoms with Crippen LogP contribution in [0.5, 0.6) is 0 Å². The van der Waals surface area contributed by atoms with Crippen molar-refractivity contribution < 1.29 is 14.3 Å². The highest BCUT2D eigenvalue weighted by molar-refractivity contribution is 5.78. The van der Waals surface area contributed by atoms with Crippen molar-refractivity contribution in [2.24, 2.45) is 0 Å². The number of hydrogen-bond donors (Lipinski definition) is 1. The van der Waals surface area contributed by atoms with E-state index in [1.165, 1.54) is 0 Å². The van der Waals surface area contributed by atoms with E-state index < -0.39 is 0 Å². The van der Waals surface area contributed by atoms with Crippen LogP contribution >= 0.6 is 0 Å². The second-order valence-electron chi connectivity index (χ2n) is 5.21. The Labute approximate surface area is 101 Å². The highest BCUT2D eigenvalue weighted by Gasteiger charge is 2.40. The Balaban J connectivity index is 1.46. The maximum atomic E-state index is 11.1. The number of likely N-dealkylation sites (tertiary alicyclic amines) is 1. The van der Waals surface area contributed by atoms with E-state index in [2.05, 4.69) is 10.2 Å². The maximum Gasteiger partial charge on any atom is 0.220 e. The molecule has 1 spiro atoms. The lowest BCUT2D eigenvalue weighted by molar-refractivity contribution is -0.185. The summed E-state index contributed by atoms with van der Waals surface area (Å²) in [6.07, 6.45) is 3.57. The summed E-state index contributed by atoms with van der Waals surface area (Å²) in [7, 11) is 0. The molecule has 0 aromatic carbocycles. The highest BCUT2D eigenvalue weighted by Crippen LogP contribution is 2.31. The zero-order valence-electron chi connectivity index (χ0n) is 10.1. The smallest absolute Gasteiger partial charge is 0.220 e. The molecule has 0 aromatic rings. The molecule has 3 heterocycles. The third-order valence-corrected chi connectivity index (χ3v) is 3.99. The fraction of sp³-hybridized carbons (Fsp3) is 0.917. The van der Waals surface area contributed by atoms with Gasteiger partial charge in [-0.1, -0.05) is 0 Å². The second kappa shape index (κ2) is 4.55. The van der Waals surface area contributed by atoms with Crippen molar-refractivity contribution in [2.75, 3.05) is 32.8 Å². The molecule has 3 aliphatic rings. The van der Waals surface area contributed by atoms with Crippen LogP contribution in [0, 0.1) is 0 Å². The monoisotopic (exact) mass is 240 g/mol. The Hall–Kier alpha value is -0.650. The van der Waals surface area contributed by atoms with Gasteiger partial charge in [0.15, 0.2) is 5.79 Å². The molecule has 3 fully saturated rings. The first kappa shape index (κ1) is 11.4. The predicted octanol–water partition coefficient (Wildman–Crippen LogP) is 0.104. The summed E-state index contributed by atoms with van der Waals surface area (Å²) < 4.78 is 11.4. The first-order valence-corrected chi connectivity index (χ1v) is 6.55. The van der Waals surface area contributed by atoms with Gasteiger partial charge in [0.1, 0.15) is 0 Å². The van der Waals surface area contributed by atoms with Crippen molar-refractivity contribution in [3.8, 4) is 0 Å². The van der Waals surface area contributed by atoms with Crippen LogP contribution in [0.2, 0.25) is 0 Å². The lowest BCUT2D eigenvalue weighted by Crippen LogP contribution is -2.48. The standard InChI is InChI=1S/C12H20N2O3/c15-11-2-1-10(13-11)9-14-5-3-12(4-6-14)16-7-8-17-12/h10H,1-9H2,(H,13,15). The molecule has 5 nitrogen and oxygen atoms in total. The van der Waals surface area contributed by atoms with E-state index in [1.54, 1.807) is 0 Å². The molecule has 0 aromatic heterocycles. The predicted molar refractivity (Wildman–Crippen MR) is 61.5 cm³/mol. The SMILES string of the molecule is O=C1CCC(CN2CCC3(CC2)OCCO3)N1. The van der Waals surface area contributed by atoms with Crippen LogP contribution in [0.25, 0.3) is 0 Å². The van der Waals surface area contributed by atoms with E-state index in [-0.39, 0.29) is 11.7 Å². The number of ether oxygens (including phenoxy) is 2. The zero-order valence-corrected chi connectivity index (χ0v) is 10.1. The van der Waals surface area contributed by atoms with Gasteiger partial charge in [0.05, 0.1) is 13.2 Å². The second-order valence-corrected chi connectivity index (χ2v) is 5.21. The summed E-state index contributed by atoms with van der Waals surface area (Å²) in [5.41, 5.74) is 0. The largest absolute Gasteiger partial charge is 0.352 e. The molecule has 0 radical (unpaired) electrons. The van der Waals surface area contributed by atoms with Crippen molar-refractivity contribution >= 4 is 5.91 Å². The van der Waals surface area contributed by atoms with Crippen molar-refractivity contribution in [1.82, 2.24) is 10.2 Å². The number of nitrogens with zero attached hydrogens (tertiary/aromatic N) is 1. The van der Waals surface area contributed by atoms with E-state index in [0.717, 1.165) is 52.1 Å². The lowest BCUT2D eigenvalue weighted by Gasteiger charge is -2.38. The molecular weight excluding hydrogens is 220 g/mol. The van der Waals surface area contributed by atoms with Gasteiger partial charge in [-0.25, -0.2) is 0 Å². The molecule has 0 bridgehead atoms. The normalized spacial score (nSPS) is 33.2. The summed E-state index contributed by atoms with van der Waals surface area (Å²) in [5, 5.41) is 3.02. The number of carbonyl (C=O) groups is 1. The number of amides is 1. The van der Waals surface area contributed by atoms with Crippen LogP contribution in [-0.4, -0.2) is 55.5 Å². The third-order valence-electron chi connectivity index (χ3n) is 3.99. The molecule has 0 saturated carbocycles. The number of rotatable bonds is 2. The Morgan fingerprint density at radius 2 is 2.00 bits per heavy atom. The van der Waals surface area contributed by atoms with Crippen LogP contribution in [-0.2, 0) is 14.3 Å². The van der Waals surface area contributed by atoms with Crippen LogP contribution < -0.4 is 5.32 Å². The van der Waals surface area contributed by atoms with Gasteiger partial charge in [-0.2, -0.15) is 0 Å². The molecule has 0 aliphatic carbocycles. The molecule has 1 unspecified atom stereocenters. The van der Waals surface area contributed by atoms with Gasteiger partial charge in [0.25, 0.3) is 0 Å². The van der Waals surface area contributed by atoms with Crippen molar-refractivity contribution in [3.05, 3.63) is 0 Å². The number of hydrogen-bond acceptors (Lipinski definition) is 4. The molecule has 5 heteroatoms. The van der Waals surface area contributed by atoms with E-state index in [1.807, 2.05) is 0 Å². The quantitative estimate of drug-likeness (QED) is 0.744. The van der Waals surface area contributed by atoms with E-state index in [4.69, 9.17) is 9.47 Å². The van der Waals surface area contributed by atoms with Gasteiger partial charge in [-0.05, 0) is 6.42 Å². The van der Waals surface area contributed by atoms with Gasteiger partial charge < -0.3 is 19.7 Å². The van der Waals surface area contributed by atoms with Crippen molar-refractivity contribution in [2.45, 2.75) is 37.5 Å².